The third-order valence-corrected chi connectivity index (χ3v) is 6.20. The molecule has 2 aromatic rings. The van der Waals surface area contributed by atoms with Gasteiger partial charge in [-0.05, 0) is 50.1 Å². The molecule has 2 amide bonds. The molecule has 0 unspecified atom stereocenters. The van der Waals surface area contributed by atoms with E-state index in [0.29, 0.717) is 17.0 Å². The first-order valence-electron chi connectivity index (χ1n) is 10.7. The van der Waals surface area contributed by atoms with Crippen molar-refractivity contribution in [3.8, 4) is 0 Å². The molecule has 0 radical (unpaired) electrons. The van der Waals surface area contributed by atoms with Gasteiger partial charge in [0.1, 0.15) is 5.70 Å². The van der Waals surface area contributed by atoms with E-state index in [4.69, 9.17) is 0 Å². The number of rotatable bonds is 4. The minimum absolute atomic E-state index is 0.214. The maximum atomic E-state index is 13.7. The van der Waals surface area contributed by atoms with Crippen LogP contribution in [0, 0.1) is 20.8 Å². The zero-order valence-electron chi connectivity index (χ0n) is 18.2. The Kier molecular flexibility index (Phi) is 5.48. The van der Waals surface area contributed by atoms with E-state index in [2.05, 4.69) is 22.8 Å². The highest BCUT2D eigenvalue weighted by molar-refractivity contribution is 6.45. The van der Waals surface area contributed by atoms with Crippen molar-refractivity contribution in [2.45, 2.75) is 27.7 Å². The molecule has 0 saturated carbocycles. The minimum atomic E-state index is -0.228. The molecule has 30 heavy (non-hydrogen) atoms. The van der Waals surface area contributed by atoms with Gasteiger partial charge >= 0.3 is 0 Å². The number of anilines is 1. The molecule has 0 spiro atoms. The van der Waals surface area contributed by atoms with Crippen molar-refractivity contribution in [1.82, 2.24) is 9.80 Å². The van der Waals surface area contributed by atoms with E-state index in [1.165, 1.54) is 4.90 Å². The van der Waals surface area contributed by atoms with Gasteiger partial charge in [0.15, 0.2) is 0 Å². The largest absolute Gasteiger partial charge is 0.364 e. The number of amides is 2. The number of hydrogen-bond acceptors (Lipinski definition) is 4. The predicted octanol–water partition coefficient (Wildman–Crippen LogP) is 3.53. The normalized spacial score (nSPS) is 18.0. The van der Waals surface area contributed by atoms with Crippen molar-refractivity contribution >= 4 is 23.1 Å². The number of carbonyl (C=O) groups excluding carboxylic acids is 2. The summed E-state index contributed by atoms with van der Waals surface area (Å²) >= 11 is 0. The lowest BCUT2D eigenvalue weighted by molar-refractivity contribution is -0.120. The van der Waals surface area contributed by atoms with Gasteiger partial charge in [0.05, 0.1) is 11.3 Å². The molecule has 0 N–H and O–H groups in total. The smallest absolute Gasteiger partial charge is 0.282 e. The molecule has 5 heteroatoms. The van der Waals surface area contributed by atoms with E-state index < -0.39 is 0 Å². The standard InChI is InChI=1S/C25H29N3O2/c1-5-26-12-14-27(15-13-26)23-22(20-11-10-17(2)16-19(20)4)24(29)28(25(23)30)21-9-7-6-8-18(21)3/h6-11,16H,5,12-15H2,1-4H3. The third kappa shape index (κ3) is 3.43. The number of carbonyl (C=O) groups is 2. The van der Waals surface area contributed by atoms with E-state index in [-0.39, 0.29) is 11.8 Å². The number of piperazine rings is 1. The number of aryl methyl sites for hydroxylation is 3. The van der Waals surface area contributed by atoms with Gasteiger partial charge in [-0.2, -0.15) is 0 Å². The van der Waals surface area contributed by atoms with Crippen LogP contribution in [0.5, 0.6) is 0 Å². The molecular formula is C25H29N3O2. The van der Waals surface area contributed by atoms with Crippen molar-refractivity contribution < 1.29 is 9.59 Å². The summed E-state index contributed by atoms with van der Waals surface area (Å²) in [5, 5.41) is 0. The van der Waals surface area contributed by atoms with E-state index in [0.717, 1.165) is 55.0 Å². The molecule has 0 atom stereocenters. The summed E-state index contributed by atoms with van der Waals surface area (Å²) in [5.74, 6) is -0.441. The Morgan fingerprint density at radius 2 is 1.53 bits per heavy atom. The lowest BCUT2D eigenvalue weighted by Crippen LogP contribution is -2.47. The second kappa shape index (κ2) is 8.07. The summed E-state index contributed by atoms with van der Waals surface area (Å²) in [7, 11) is 0. The van der Waals surface area contributed by atoms with E-state index in [1.54, 1.807) is 0 Å². The molecule has 0 aliphatic carbocycles. The molecule has 156 valence electrons. The number of hydrogen-bond donors (Lipinski definition) is 0. The van der Waals surface area contributed by atoms with Gasteiger partial charge in [0.2, 0.25) is 0 Å². The first-order chi connectivity index (χ1) is 14.4. The third-order valence-electron chi connectivity index (χ3n) is 6.20. The van der Waals surface area contributed by atoms with Gasteiger partial charge in [-0.15, -0.1) is 0 Å². The predicted molar refractivity (Wildman–Crippen MR) is 120 cm³/mol. The van der Waals surface area contributed by atoms with Crippen LogP contribution in [0.4, 0.5) is 5.69 Å². The van der Waals surface area contributed by atoms with Crippen LogP contribution in [0.3, 0.4) is 0 Å². The Bertz CT molecular complexity index is 1030. The summed E-state index contributed by atoms with van der Waals surface area (Å²) in [6.45, 7) is 12.4. The summed E-state index contributed by atoms with van der Waals surface area (Å²) in [6.07, 6.45) is 0. The zero-order chi connectivity index (χ0) is 21.4. The quantitative estimate of drug-likeness (QED) is 0.733. The van der Waals surface area contributed by atoms with Gasteiger partial charge in [-0.1, -0.05) is 48.9 Å². The Morgan fingerprint density at radius 3 is 2.17 bits per heavy atom. The molecule has 0 aromatic heterocycles. The number of benzene rings is 2. The average molecular weight is 404 g/mol. The molecule has 4 rings (SSSR count). The van der Waals surface area contributed by atoms with Crippen molar-refractivity contribution in [1.29, 1.82) is 0 Å². The Labute approximate surface area is 178 Å². The second-order valence-corrected chi connectivity index (χ2v) is 8.20. The zero-order valence-corrected chi connectivity index (χ0v) is 18.2. The topological polar surface area (TPSA) is 43.9 Å². The highest BCUT2D eigenvalue weighted by Crippen LogP contribution is 2.37. The Hall–Kier alpha value is -2.92. The molecule has 0 bridgehead atoms. The van der Waals surface area contributed by atoms with Crippen LogP contribution in [-0.2, 0) is 9.59 Å². The van der Waals surface area contributed by atoms with Crippen LogP contribution in [0.15, 0.2) is 48.2 Å². The maximum absolute atomic E-state index is 13.7. The number of likely N-dealkylation sites (N-methyl/N-ethyl adjacent to an activating group) is 1. The molecule has 2 aliphatic heterocycles. The van der Waals surface area contributed by atoms with Crippen LogP contribution in [0.2, 0.25) is 0 Å². The van der Waals surface area contributed by atoms with Crippen LogP contribution in [0.1, 0.15) is 29.2 Å². The SMILES string of the molecule is CCN1CCN(C2=C(c3ccc(C)cc3C)C(=O)N(c3ccccc3C)C2=O)CC1. The van der Waals surface area contributed by atoms with Crippen molar-refractivity contribution in [2.75, 3.05) is 37.6 Å². The molecule has 1 saturated heterocycles. The summed E-state index contributed by atoms with van der Waals surface area (Å²) < 4.78 is 0. The fourth-order valence-electron chi connectivity index (χ4n) is 4.47. The molecule has 2 aliphatic rings. The first kappa shape index (κ1) is 20.4. The van der Waals surface area contributed by atoms with E-state index in [1.807, 2.05) is 57.2 Å². The summed E-state index contributed by atoms with van der Waals surface area (Å²) in [5.41, 5.74) is 5.66. The molecule has 1 fully saturated rings. The maximum Gasteiger partial charge on any atom is 0.282 e. The lowest BCUT2D eigenvalue weighted by Gasteiger charge is -2.36. The summed E-state index contributed by atoms with van der Waals surface area (Å²) in [4.78, 5) is 33.2. The van der Waals surface area contributed by atoms with Gasteiger partial charge in [0, 0.05) is 26.2 Å². The lowest BCUT2D eigenvalue weighted by atomic mass is 9.97. The van der Waals surface area contributed by atoms with Crippen LogP contribution in [-0.4, -0.2) is 54.3 Å². The molecular weight excluding hydrogens is 374 g/mol. The fraction of sp³-hybridized carbons (Fsp3) is 0.360. The van der Waals surface area contributed by atoms with Crippen molar-refractivity contribution in [3.05, 3.63) is 70.4 Å². The molecule has 2 heterocycles. The average Bonchev–Trinajstić information content (AvgIpc) is 2.99. The first-order valence-corrected chi connectivity index (χ1v) is 10.7. The summed E-state index contributed by atoms with van der Waals surface area (Å²) in [6, 6.07) is 13.6. The van der Waals surface area contributed by atoms with Crippen molar-refractivity contribution in [3.63, 3.8) is 0 Å². The highest BCUT2D eigenvalue weighted by Gasteiger charge is 2.43. The Morgan fingerprint density at radius 1 is 0.833 bits per heavy atom. The van der Waals surface area contributed by atoms with Gasteiger partial charge in [-0.25, -0.2) is 4.90 Å². The highest BCUT2D eigenvalue weighted by atomic mass is 16.2. The van der Waals surface area contributed by atoms with Gasteiger partial charge in [-0.3, -0.25) is 9.59 Å². The van der Waals surface area contributed by atoms with E-state index in [9.17, 15) is 9.59 Å². The minimum Gasteiger partial charge on any atom is -0.364 e. The van der Waals surface area contributed by atoms with Gasteiger partial charge < -0.3 is 9.80 Å². The monoisotopic (exact) mass is 403 g/mol. The number of para-hydroxylation sites is 1. The molecule has 2 aromatic carbocycles. The molecule has 5 nitrogen and oxygen atoms in total. The Balaban J connectivity index is 1.83. The second-order valence-electron chi connectivity index (χ2n) is 8.20. The van der Waals surface area contributed by atoms with Crippen LogP contribution >= 0.6 is 0 Å². The van der Waals surface area contributed by atoms with Gasteiger partial charge in [0.25, 0.3) is 11.8 Å². The van der Waals surface area contributed by atoms with E-state index >= 15 is 0 Å². The van der Waals surface area contributed by atoms with Crippen LogP contribution < -0.4 is 4.90 Å². The fourth-order valence-corrected chi connectivity index (χ4v) is 4.47. The number of imide groups is 1. The van der Waals surface area contributed by atoms with Crippen LogP contribution in [0.25, 0.3) is 5.57 Å². The van der Waals surface area contributed by atoms with Crippen molar-refractivity contribution in [2.24, 2.45) is 0 Å². The number of nitrogens with zero attached hydrogens (tertiary/aromatic N) is 3.